The predicted octanol–water partition coefficient (Wildman–Crippen LogP) is 5.40. The molecule has 1 aliphatic heterocycles. The number of hydrogen-bond donors (Lipinski definition) is 0. The summed E-state index contributed by atoms with van der Waals surface area (Å²) in [5, 5.41) is 0. The Labute approximate surface area is 157 Å². The van der Waals surface area contributed by atoms with Gasteiger partial charge < -0.3 is 4.57 Å². The smallest absolute Gasteiger partial charge is 0.270 e. The number of hydrogen-bond acceptors (Lipinski definition) is 3. The van der Waals surface area contributed by atoms with Crippen molar-refractivity contribution in [1.82, 2.24) is 4.57 Å². The Balaban J connectivity index is 1.55. The summed E-state index contributed by atoms with van der Waals surface area (Å²) in [4.78, 5) is 15.1. The number of amides is 1. The van der Waals surface area contributed by atoms with Crippen LogP contribution in [0.4, 0.5) is 5.69 Å². The van der Waals surface area contributed by atoms with Crippen LogP contribution in [0.25, 0.3) is 6.08 Å². The maximum absolute atomic E-state index is 12.8. The average molecular weight is 369 g/mol. The maximum atomic E-state index is 12.8. The molecule has 128 valence electrons. The van der Waals surface area contributed by atoms with Gasteiger partial charge in [-0.15, -0.1) is 0 Å². The van der Waals surface area contributed by atoms with E-state index in [1.165, 1.54) is 43.9 Å². The summed E-state index contributed by atoms with van der Waals surface area (Å²) in [5.41, 5.74) is 1.90. The van der Waals surface area contributed by atoms with Crippen molar-refractivity contribution in [1.29, 1.82) is 0 Å². The van der Waals surface area contributed by atoms with E-state index < -0.39 is 0 Å². The third-order valence-electron chi connectivity index (χ3n) is 4.84. The largest absolute Gasteiger partial charge is 0.351 e. The minimum Gasteiger partial charge on any atom is -0.351 e. The van der Waals surface area contributed by atoms with Crippen LogP contribution >= 0.6 is 24.0 Å². The molecule has 1 aromatic heterocycles. The van der Waals surface area contributed by atoms with Gasteiger partial charge in [0.2, 0.25) is 0 Å². The highest BCUT2D eigenvalue weighted by molar-refractivity contribution is 8.27. The molecule has 1 aromatic carbocycles. The van der Waals surface area contributed by atoms with E-state index in [4.69, 9.17) is 12.2 Å². The topological polar surface area (TPSA) is 25.2 Å². The quantitative estimate of drug-likeness (QED) is 0.536. The van der Waals surface area contributed by atoms with Crippen LogP contribution in [0.5, 0.6) is 0 Å². The monoisotopic (exact) mass is 368 g/mol. The Bertz CT molecular complexity index is 819. The van der Waals surface area contributed by atoms with Crippen molar-refractivity contribution in [3.63, 3.8) is 0 Å². The molecule has 2 fully saturated rings. The van der Waals surface area contributed by atoms with Crippen molar-refractivity contribution in [3.05, 3.63) is 59.3 Å². The Morgan fingerprint density at radius 2 is 1.84 bits per heavy atom. The van der Waals surface area contributed by atoms with Crippen LogP contribution in [-0.4, -0.2) is 14.8 Å². The van der Waals surface area contributed by atoms with Crippen LogP contribution in [0.15, 0.2) is 53.7 Å². The molecular formula is C20H20N2OS2. The summed E-state index contributed by atoms with van der Waals surface area (Å²) in [6, 6.07) is 12.3. The molecule has 2 aliphatic rings. The van der Waals surface area contributed by atoms with Crippen molar-refractivity contribution in [2.75, 3.05) is 4.90 Å². The molecule has 1 saturated carbocycles. The lowest BCUT2D eigenvalue weighted by Gasteiger charge is -2.23. The number of carbonyl (C=O) groups is 1. The number of carbonyl (C=O) groups excluding carboxylic acids is 1. The van der Waals surface area contributed by atoms with Gasteiger partial charge in [0, 0.05) is 18.4 Å². The molecule has 0 N–H and O–H groups in total. The summed E-state index contributed by atoms with van der Waals surface area (Å²) in [6.45, 7) is 0. The number of aromatic nitrogens is 1. The van der Waals surface area contributed by atoms with Crippen LogP contribution in [0.2, 0.25) is 0 Å². The van der Waals surface area contributed by atoms with Gasteiger partial charge in [-0.05, 0) is 42.7 Å². The standard InChI is InChI=1S/C20H20N2OS2/c23-19-18(25-20(24)22(19)17-9-5-2-6-10-17)13-15-11-12-21(14-15)16-7-3-1-4-8-16/h2,5-6,9-14,16H,1,3-4,7-8H2/b18-13+. The number of anilines is 1. The Morgan fingerprint density at radius 3 is 2.60 bits per heavy atom. The summed E-state index contributed by atoms with van der Waals surface area (Å²) < 4.78 is 2.90. The van der Waals surface area contributed by atoms with Gasteiger partial charge in [-0.1, -0.05) is 61.4 Å². The van der Waals surface area contributed by atoms with Gasteiger partial charge in [0.1, 0.15) is 0 Å². The first-order valence-corrected chi connectivity index (χ1v) is 9.95. The van der Waals surface area contributed by atoms with Crippen molar-refractivity contribution in [3.8, 4) is 0 Å². The SMILES string of the molecule is O=C1/C(=C\c2ccn(C3CCCCC3)c2)SC(=S)N1c1ccccc1. The highest BCUT2D eigenvalue weighted by Crippen LogP contribution is 2.36. The molecule has 4 rings (SSSR count). The van der Waals surface area contributed by atoms with Crippen molar-refractivity contribution >= 4 is 46.0 Å². The first kappa shape index (κ1) is 16.6. The fourth-order valence-corrected chi connectivity index (χ4v) is 4.84. The normalized spacial score (nSPS) is 20.6. The number of benzene rings is 1. The molecule has 0 spiro atoms. The van der Waals surface area contributed by atoms with Gasteiger partial charge in [0.05, 0.1) is 10.6 Å². The van der Waals surface area contributed by atoms with Crippen LogP contribution < -0.4 is 4.90 Å². The minimum absolute atomic E-state index is 0.0355. The van der Waals surface area contributed by atoms with Crippen molar-refractivity contribution in [2.24, 2.45) is 0 Å². The van der Waals surface area contributed by atoms with Crippen LogP contribution in [0, 0.1) is 0 Å². The molecule has 3 nitrogen and oxygen atoms in total. The molecule has 0 unspecified atom stereocenters. The highest BCUT2D eigenvalue weighted by Gasteiger charge is 2.33. The van der Waals surface area contributed by atoms with E-state index in [0.717, 1.165) is 11.3 Å². The molecular weight excluding hydrogens is 348 g/mol. The predicted molar refractivity (Wildman–Crippen MR) is 109 cm³/mol. The minimum atomic E-state index is -0.0355. The zero-order valence-corrected chi connectivity index (χ0v) is 15.6. The van der Waals surface area contributed by atoms with E-state index in [2.05, 4.69) is 23.0 Å². The average Bonchev–Trinajstić information content (AvgIpc) is 3.22. The molecule has 1 saturated heterocycles. The van der Waals surface area contributed by atoms with Gasteiger partial charge in [-0.3, -0.25) is 9.69 Å². The molecule has 1 amide bonds. The van der Waals surface area contributed by atoms with E-state index in [9.17, 15) is 4.79 Å². The van der Waals surface area contributed by atoms with E-state index in [0.29, 0.717) is 15.3 Å². The zero-order valence-electron chi connectivity index (χ0n) is 13.9. The molecule has 2 heterocycles. The Kier molecular flexibility index (Phi) is 4.77. The van der Waals surface area contributed by atoms with E-state index >= 15 is 0 Å². The van der Waals surface area contributed by atoms with Gasteiger partial charge in [-0.2, -0.15) is 0 Å². The summed E-state index contributed by atoms with van der Waals surface area (Å²) in [7, 11) is 0. The second kappa shape index (κ2) is 7.18. The first-order chi connectivity index (χ1) is 12.2. The number of para-hydroxylation sites is 1. The third-order valence-corrected chi connectivity index (χ3v) is 6.14. The summed E-state index contributed by atoms with van der Waals surface area (Å²) >= 11 is 6.80. The molecule has 25 heavy (non-hydrogen) atoms. The van der Waals surface area contributed by atoms with Crippen LogP contribution in [0.1, 0.15) is 43.7 Å². The number of rotatable bonds is 3. The van der Waals surface area contributed by atoms with Gasteiger partial charge in [-0.25, -0.2) is 0 Å². The Hall–Kier alpha value is -1.85. The molecule has 1 aliphatic carbocycles. The number of nitrogens with zero attached hydrogens (tertiary/aromatic N) is 2. The lowest BCUT2D eigenvalue weighted by molar-refractivity contribution is -0.113. The lowest BCUT2D eigenvalue weighted by Crippen LogP contribution is -2.27. The van der Waals surface area contributed by atoms with E-state index in [-0.39, 0.29) is 5.91 Å². The third kappa shape index (κ3) is 3.44. The van der Waals surface area contributed by atoms with Gasteiger partial charge >= 0.3 is 0 Å². The highest BCUT2D eigenvalue weighted by atomic mass is 32.2. The lowest BCUT2D eigenvalue weighted by atomic mass is 9.95. The van der Waals surface area contributed by atoms with Gasteiger partial charge in [0.25, 0.3) is 5.91 Å². The molecule has 0 radical (unpaired) electrons. The van der Waals surface area contributed by atoms with E-state index in [1.807, 2.05) is 36.4 Å². The van der Waals surface area contributed by atoms with Crippen molar-refractivity contribution < 1.29 is 4.79 Å². The molecule has 2 aromatic rings. The Morgan fingerprint density at radius 1 is 1.08 bits per heavy atom. The summed E-state index contributed by atoms with van der Waals surface area (Å²) in [5.74, 6) is -0.0355. The fraction of sp³-hybridized carbons (Fsp3) is 0.300. The maximum Gasteiger partial charge on any atom is 0.270 e. The van der Waals surface area contributed by atoms with E-state index in [1.54, 1.807) is 4.90 Å². The second-order valence-electron chi connectivity index (χ2n) is 6.54. The number of thiocarbonyl (C=S) groups is 1. The first-order valence-electron chi connectivity index (χ1n) is 8.73. The fourth-order valence-electron chi connectivity index (χ4n) is 3.54. The van der Waals surface area contributed by atoms with Crippen molar-refractivity contribution in [2.45, 2.75) is 38.1 Å². The second-order valence-corrected chi connectivity index (χ2v) is 8.21. The van der Waals surface area contributed by atoms with Crippen LogP contribution in [0.3, 0.4) is 0 Å². The summed E-state index contributed by atoms with van der Waals surface area (Å²) in [6.07, 6.45) is 12.7. The van der Waals surface area contributed by atoms with Crippen LogP contribution in [-0.2, 0) is 4.79 Å². The molecule has 0 bridgehead atoms. The molecule has 5 heteroatoms. The van der Waals surface area contributed by atoms with Gasteiger partial charge in [0.15, 0.2) is 4.32 Å². The number of thioether (sulfide) groups is 1. The molecule has 0 atom stereocenters. The zero-order chi connectivity index (χ0) is 17.2.